The molecule has 0 bridgehead atoms. The Morgan fingerprint density at radius 2 is 2.21 bits per heavy atom. The summed E-state index contributed by atoms with van der Waals surface area (Å²) in [5.74, 6) is 0. The maximum absolute atomic E-state index is 4.32. The molecule has 2 rings (SSSR count). The largest absolute Gasteiger partial charge is 0.210 e. The summed E-state index contributed by atoms with van der Waals surface area (Å²) in [5.41, 5.74) is 2.34. The number of aryl methyl sites for hydroxylation is 1. The number of hydrogen-bond donors (Lipinski definition) is 0. The minimum atomic E-state index is 0.805. The molecule has 0 radical (unpaired) electrons. The minimum absolute atomic E-state index is 0.805. The smallest absolute Gasteiger partial charge is 0.203 e. The second kappa shape index (κ2) is 4.24. The Balaban J connectivity index is 2.47. The monoisotopic (exact) mass is 380 g/mol. The van der Waals surface area contributed by atoms with Crippen LogP contribution in [0.2, 0.25) is 0 Å². The molecular weight excluding hydrogens is 375 g/mol. The molecule has 0 amide bonds. The fraction of sp³-hybridized carbons (Fsp3) is 0.111. The van der Waals surface area contributed by atoms with Crippen LogP contribution in [0.15, 0.2) is 22.7 Å². The van der Waals surface area contributed by atoms with Gasteiger partial charge in [-0.3, -0.25) is 0 Å². The van der Waals surface area contributed by atoms with Gasteiger partial charge in [-0.2, -0.15) is 4.37 Å². The standard InChI is InChI=1S/C9H6BrIN2S/c1-5-2-3-6(4-7(5)10)8-12-9(11)13-14-8/h2-4H,1H3. The summed E-state index contributed by atoms with van der Waals surface area (Å²) < 4.78 is 6.06. The lowest BCUT2D eigenvalue weighted by atomic mass is 10.2. The highest BCUT2D eigenvalue weighted by atomic mass is 127. The Labute approximate surface area is 108 Å². The summed E-state index contributed by atoms with van der Waals surface area (Å²) in [7, 11) is 0. The van der Waals surface area contributed by atoms with Gasteiger partial charge in [0.15, 0.2) is 0 Å². The summed E-state index contributed by atoms with van der Waals surface area (Å²) in [6, 6.07) is 6.22. The topological polar surface area (TPSA) is 25.8 Å². The predicted molar refractivity (Wildman–Crippen MR) is 70.5 cm³/mol. The van der Waals surface area contributed by atoms with E-state index in [2.05, 4.69) is 73.0 Å². The molecule has 1 heterocycles. The quantitative estimate of drug-likeness (QED) is 0.701. The molecule has 14 heavy (non-hydrogen) atoms. The van der Waals surface area contributed by atoms with Gasteiger partial charge < -0.3 is 0 Å². The van der Waals surface area contributed by atoms with Crippen molar-refractivity contribution in [2.45, 2.75) is 6.92 Å². The zero-order valence-corrected chi connectivity index (χ0v) is 11.9. The highest BCUT2D eigenvalue weighted by Crippen LogP contribution is 2.26. The number of benzene rings is 1. The molecule has 0 aliphatic carbocycles. The van der Waals surface area contributed by atoms with E-state index in [9.17, 15) is 0 Å². The highest BCUT2D eigenvalue weighted by molar-refractivity contribution is 14.1. The van der Waals surface area contributed by atoms with Crippen molar-refractivity contribution in [1.82, 2.24) is 9.36 Å². The molecule has 0 atom stereocenters. The molecule has 2 aromatic rings. The molecule has 0 aliphatic rings. The molecular formula is C9H6BrIN2S. The summed E-state index contributed by atoms with van der Waals surface area (Å²) in [6.07, 6.45) is 0. The van der Waals surface area contributed by atoms with Crippen molar-refractivity contribution in [3.8, 4) is 10.6 Å². The lowest BCUT2D eigenvalue weighted by molar-refractivity contribution is 1.25. The van der Waals surface area contributed by atoms with E-state index in [1.165, 1.54) is 17.1 Å². The third kappa shape index (κ3) is 2.14. The normalized spacial score (nSPS) is 10.5. The van der Waals surface area contributed by atoms with E-state index >= 15 is 0 Å². The Hall–Kier alpha value is -0.0100. The van der Waals surface area contributed by atoms with Gasteiger partial charge in [0.25, 0.3) is 0 Å². The Morgan fingerprint density at radius 1 is 1.43 bits per heavy atom. The fourth-order valence-corrected chi connectivity index (χ4v) is 2.69. The fourth-order valence-electron chi connectivity index (χ4n) is 1.05. The summed E-state index contributed by atoms with van der Waals surface area (Å²) in [6.45, 7) is 2.07. The molecule has 5 heteroatoms. The van der Waals surface area contributed by atoms with Crippen molar-refractivity contribution in [2.75, 3.05) is 0 Å². The van der Waals surface area contributed by atoms with Crippen molar-refractivity contribution in [1.29, 1.82) is 0 Å². The third-order valence-corrected chi connectivity index (χ3v) is 4.25. The molecule has 0 fully saturated rings. The zero-order chi connectivity index (χ0) is 10.1. The highest BCUT2D eigenvalue weighted by Gasteiger charge is 2.05. The van der Waals surface area contributed by atoms with E-state index in [4.69, 9.17) is 0 Å². The first-order valence-corrected chi connectivity index (χ1v) is 6.57. The Bertz CT molecular complexity index is 470. The Kier molecular flexibility index (Phi) is 3.18. The SMILES string of the molecule is Cc1ccc(-c2nc(I)ns2)cc1Br. The van der Waals surface area contributed by atoms with Crippen LogP contribution in [0.25, 0.3) is 10.6 Å². The van der Waals surface area contributed by atoms with Crippen molar-refractivity contribution >= 4 is 50.1 Å². The third-order valence-electron chi connectivity index (χ3n) is 1.82. The lowest BCUT2D eigenvalue weighted by Crippen LogP contribution is -1.80. The van der Waals surface area contributed by atoms with Crippen LogP contribution in [0.5, 0.6) is 0 Å². The predicted octanol–water partition coefficient (Wildman–Crippen LogP) is 3.88. The van der Waals surface area contributed by atoms with Crippen LogP contribution in [-0.2, 0) is 0 Å². The number of hydrogen-bond acceptors (Lipinski definition) is 3. The minimum Gasteiger partial charge on any atom is -0.210 e. The first kappa shape index (κ1) is 10.5. The molecule has 1 aromatic heterocycles. The molecule has 0 N–H and O–H groups in total. The Morgan fingerprint density at radius 3 is 2.79 bits per heavy atom. The van der Waals surface area contributed by atoms with E-state index in [1.807, 2.05) is 0 Å². The molecule has 1 aromatic carbocycles. The van der Waals surface area contributed by atoms with Crippen LogP contribution < -0.4 is 0 Å². The first-order valence-electron chi connectivity index (χ1n) is 3.92. The van der Waals surface area contributed by atoms with E-state index < -0.39 is 0 Å². The van der Waals surface area contributed by atoms with Crippen molar-refractivity contribution in [3.63, 3.8) is 0 Å². The maximum atomic E-state index is 4.32. The number of nitrogens with zero attached hydrogens (tertiary/aromatic N) is 2. The van der Waals surface area contributed by atoms with Gasteiger partial charge in [0.2, 0.25) is 3.83 Å². The van der Waals surface area contributed by atoms with Gasteiger partial charge in [0.1, 0.15) is 5.01 Å². The van der Waals surface area contributed by atoms with Crippen molar-refractivity contribution in [2.24, 2.45) is 0 Å². The van der Waals surface area contributed by atoms with Gasteiger partial charge in [0.05, 0.1) is 0 Å². The maximum Gasteiger partial charge on any atom is 0.203 e. The van der Waals surface area contributed by atoms with E-state index in [0.29, 0.717) is 0 Å². The average Bonchev–Trinajstić information content (AvgIpc) is 2.57. The molecule has 0 saturated heterocycles. The van der Waals surface area contributed by atoms with E-state index in [1.54, 1.807) is 0 Å². The molecule has 0 saturated carbocycles. The van der Waals surface area contributed by atoms with E-state index in [0.717, 1.165) is 18.9 Å². The summed E-state index contributed by atoms with van der Waals surface area (Å²) in [5, 5.41) is 0.968. The van der Waals surface area contributed by atoms with Crippen LogP contribution in [0.3, 0.4) is 0 Å². The van der Waals surface area contributed by atoms with Gasteiger partial charge in [-0.05, 0) is 30.1 Å². The number of halogens is 2. The van der Waals surface area contributed by atoms with Crippen LogP contribution >= 0.6 is 50.1 Å². The molecule has 72 valence electrons. The lowest BCUT2D eigenvalue weighted by Gasteiger charge is -1.99. The molecule has 0 unspecified atom stereocenters. The van der Waals surface area contributed by atoms with Crippen LogP contribution in [0, 0.1) is 10.8 Å². The second-order valence-electron chi connectivity index (χ2n) is 2.83. The molecule has 0 aliphatic heterocycles. The van der Waals surface area contributed by atoms with E-state index in [-0.39, 0.29) is 0 Å². The van der Waals surface area contributed by atoms with Crippen molar-refractivity contribution < 1.29 is 0 Å². The first-order chi connectivity index (χ1) is 6.66. The van der Waals surface area contributed by atoms with Gasteiger partial charge in [-0.25, -0.2) is 4.98 Å². The van der Waals surface area contributed by atoms with Gasteiger partial charge in [-0.1, -0.05) is 28.1 Å². The van der Waals surface area contributed by atoms with Gasteiger partial charge >= 0.3 is 0 Å². The van der Waals surface area contributed by atoms with Crippen LogP contribution in [0.4, 0.5) is 0 Å². The second-order valence-corrected chi connectivity index (χ2v) is 5.40. The number of rotatable bonds is 1. The van der Waals surface area contributed by atoms with Gasteiger partial charge in [0, 0.05) is 32.6 Å². The zero-order valence-electron chi connectivity index (χ0n) is 7.29. The number of aromatic nitrogens is 2. The molecule has 2 nitrogen and oxygen atoms in total. The average molecular weight is 381 g/mol. The van der Waals surface area contributed by atoms with Crippen molar-refractivity contribution in [3.05, 3.63) is 32.1 Å². The summed E-state index contributed by atoms with van der Waals surface area (Å²) in [4.78, 5) is 4.32. The van der Waals surface area contributed by atoms with Crippen LogP contribution in [-0.4, -0.2) is 9.36 Å². The summed E-state index contributed by atoms with van der Waals surface area (Å²) >= 11 is 7.05. The van der Waals surface area contributed by atoms with Crippen LogP contribution in [0.1, 0.15) is 5.56 Å². The molecule has 0 spiro atoms. The van der Waals surface area contributed by atoms with Gasteiger partial charge in [-0.15, -0.1) is 0 Å².